The summed E-state index contributed by atoms with van der Waals surface area (Å²) in [5, 5.41) is 0. The summed E-state index contributed by atoms with van der Waals surface area (Å²) in [6, 6.07) is 0.689. The van der Waals surface area contributed by atoms with Gasteiger partial charge in [0.05, 0.1) is 0 Å². The molecular weight excluding hydrogens is 182 g/mol. The van der Waals surface area contributed by atoms with Crippen molar-refractivity contribution in [3.63, 3.8) is 0 Å². The molecule has 0 saturated carbocycles. The molecule has 2 unspecified atom stereocenters. The molecule has 1 nitrogen and oxygen atoms in total. The molecule has 0 fully saturated rings. The van der Waals surface area contributed by atoms with Crippen molar-refractivity contribution < 1.29 is 4.58 Å². The van der Waals surface area contributed by atoms with Crippen LogP contribution < -0.4 is 0 Å². The number of hydrogen-bond donors (Lipinski definition) is 0. The van der Waals surface area contributed by atoms with Gasteiger partial charge in [0.25, 0.3) is 0 Å². The number of rotatable bonds is 7. The molecule has 90 valence electrons. The maximum Gasteiger partial charge on any atom is 0.152 e. The lowest BCUT2D eigenvalue weighted by molar-refractivity contribution is -0.567. The second kappa shape index (κ2) is 7.90. The van der Waals surface area contributed by atoms with Crippen LogP contribution in [0, 0.1) is 11.8 Å². The first-order chi connectivity index (χ1) is 7.02. The van der Waals surface area contributed by atoms with E-state index in [9.17, 15) is 0 Å². The molecule has 2 atom stereocenters. The van der Waals surface area contributed by atoms with Gasteiger partial charge >= 0.3 is 0 Å². The highest BCUT2D eigenvalue weighted by Crippen LogP contribution is 2.11. The fraction of sp³-hybridized carbons (Fsp3) is 0.929. The van der Waals surface area contributed by atoms with Gasteiger partial charge in [-0.25, -0.2) is 4.58 Å². The van der Waals surface area contributed by atoms with Crippen molar-refractivity contribution >= 4 is 6.21 Å². The highest BCUT2D eigenvalue weighted by Gasteiger charge is 2.20. The number of hydrogen-bond acceptors (Lipinski definition) is 0. The average Bonchev–Trinajstić information content (AvgIpc) is 2.21. The standard InChI is InChI=1S/C14H30N/c1-7-10-15(11-9-12(3)4)14(6)13(5)8-2/h11-14H,7-10H2,1-6H3/q+1. The fourth-order valence-corrected chi connectivity index (χ4v) is 1.73. The Morgan fingerprint density at radius 1 is 1.07 bits per heavy atom. The fourth-order valence-electron chi connectivity index (χ4n) is 1.73. The second-order valence-corrected chi connectivity index (χ2v) is 5.18. The molecule has 0 rings (SSSR count). The Kier molecular flexibility index (Phi) is 7.72. The molecule has 0 heterocycles. The molecule has 1 heteroatoms. The molecule has 0 N–H and O–H groups in total. The molecule has 0 bridgehead atoms. The van der Waals surface area contributed by atoms with Crippen LogP contribution in [0.15, 0.2) is 0 Å². The third kappa shape index (κ3) is 5.96. The first-order valence-electron chi connectivity index (χ1n) is 6.61. The molecule has 0 aromatic heterocycles. The highest BCUT2D eigenvalue weighted by molar-refractivity contribution is 5.51. The zero-order chi connectivity index (χ0) is 11.8. The van der Waals surface area contributed by atoms with E-state index < -0.39 is 0 Å². The molecule has 0 aromatic carbocycles. The van der Waals surface area contributed by atoms with E-state index in [1.165, 1.54) is 25.8 Å². The molecule has 0 radical (unpaired) electrons. The summed E-state index contributed by atoms with van der Waals surface area (Å²) in [6.45, 7) is 15.0. The largest absolute Gasteiger partial charge is 0.237 e. The van der Waals surface area contributed by atoms with Crippen LogP contribution in [0.4, 0.5) is 0 Å². The van der Waals surface area contributed by atoms with Gasteiger partial charge in [-0.15, -0.1) is 0 Å². The van der Waals surface area contributed by atoms with Crippen LogP contribution in [0.1, 0.15) is 60.8 Å². The van der Waals surface area contributed by atoms with Gasteiger partial charge < -0.3 is 0 Å². The Bertz CT molecular complexity index is 182. The Morgan fingerprint density at radius 3 is 2.07 bits per heavy atom. The van der Waals surface area contributed by atoms with E-state index in [1.807, 2.05) is 0 Å². The SMILES string of the molecule is CCC[N+](=CCC(C)C)C(C)C(C)CC. The molecule has 0 aliphatic carbocycles. The quantitative estimate of drug-likeness (QED) is 0.444. The van der Waals surface area contributed by atoms with Gasteiger partial charge in [-0.1, -0.05) is 34.6 Å². The van der Waals surface area contributed by atoms with Gasteiger partial charge in [0.2, 0.25) is 0 Å². The van der Waals surface area contributed by atoms with Crippen molar-refractivity contribution in [3.8, 4) is 0 Å². The minimum atomic E-state index is 0.689. The first-order valence-corrected chi connectivity index (χ1v) is 6.61. The first kappa shape index (κ1) is 14.7. The van der Waals surface area contributed by atoms with Gasteiger partial charge in [-0.3, -0.25) is 0 Å². The zero-order valence-electron chi connectivity index (χ0n) is 11.6. The van der Waals surface area contributed by atoms with Crippen LogP contribution in [0.25, 0.3) is 0 Å². The van der Waals surface area contributed by atoms with E-state index >= 15 is 0 Å². The van der Waals surface area contributed by atoms with Crippen LogP contribution in [0.5, 0.6) is 0 Å². The molecule has 0 aromatic rings. The monoisotopic (exact) mass is 212 g/mol. The Morgan fingerprint density at radius 2 is 1.67 bits per heavy atom. The molecule has 0 amide bonds. The lowest BCUT2D eigenvalue weighted by Gasteiger charge is -2.17. The normalized spacial score (nSPS) is 16.9. The van der Waals surface area contributed by atoms with Gasteiger partial charge in [-0.05, 0) is 19.3 Å². The van der Waals surface area contributed by atoms with E-state index in [0.29, 0.717) is 6.04 Å². The van der Waals surface area contributed by atoms with Crippen molar-refractivity contribution in [1.29, 1.82) is 0 Å². The van der Waals surface area contributed by atoms with Crippen LogP contribution >= 0.6 is 0 Å². The lowest BCUT2D eigenvalue weighted by Crippen LogP contribution is -2.31. The Labute approximate surface area is 96.6 Å². The maximum atomic E-state index is 2.55. The minimum Gasteiger partial charge on any atom is -0.237 e. The highest BCUT2D eigenvalue weighted by atomic mass is 15.0. The van der Waals surface area contributed by atoms with Crippen LogP contribution in [0.3, 0.4) is 0 Å². The Hall–Kier alpha value is -0.330. The topological polar surface area (TPSA) is 3.01 Å². The predicted octanol–water partition coefficient (Wildman–Crippen LogP) is 3.96. The molecule has 0 aliphatic rings. The van der Waals surface area contributed by atoms with Crippen molar-refractivity contribution in [2.24, 2.45) is 11.8 Å². The lowest BCUT2D eigenvalue weighted by atomic mass is 10.00. The van der Waals surface area contributed by atoms with Crippen molar-refractivity contribution in [2.45, 2.75) is 66.8 Å². The van der Waals surface area contributed by atoms with Crippen LogP contribution in [-0.4, -0.2) is 23.4 Å². The van der Waals surface area contributed by atoms with Crippen molar-refractivity contribution in [3.05, 3.63) is 0 Å². The molecule has 0 spiro atoms. The molecular formula is C14H30N+. The van der Waals surface area contributed by atoms with E-state index in [1.54, 1.807) is 0 Å². The third-order valence-electron chi connectivity index (χ3n) is 3.28. The summed E-state index contributed by atoms with van der Waals surface area (Å²) in [7, 11) is 0. The van der Waals surface area contributed by atoms with Gasteiger partial charge in [0.1, 0.15) is 12.8 Å². The smallest absolute Gasteiger partial charge is 0.152 e. The van der Waals surface area contributed by atoms with E-state index in [2.05, 4.69) is 52.3 Å². The zero-order valence-corrected chi connectivity index (χ0v) is 11.6. The van der Waals surface area contributed by atoms with Gasteiger partial charge in [0.15, 0.2) is 6.04 Å². The maximum absolute atomic E-state index is 2.55. The summed E-state index contributed by atoms with van der Waals surface area (Å²) in [4.78, 5) is 0. The second-order valence-electron chi connectivity index (χ2n) is 5.18. The van der Waals surface area contributed by atoms with E-state index in [-0.39, 0.29) is 0 Å². The minimum absolute atomic E-state index is 0.689. The van der Waals surface area contributed by atoms with Gasteiger partial charge in [-0.2, -0.15) is 0 Å². The summed E-state index contributed by atoms with van der Waals surface area (Å²) in [5.41, 5.74) is 0. The van der Waals surface area contributed by atoms with Crippen LogP contribution in [0.2, 0.25) is 0 Å². The summed E-state index contributed by atoms with van der Waals surface area (Å²) in [5.74, 6) is 1.56. The summed E-state index contributed by atoms with van der Waals surface area (Å²) >= 11 is 0. The summed E-state index contributed by atoms with van der Waals surface area (Å²) in [6.07, 6.45) is 6.15. The van der Waals surface area contributed by atoms with E-state index in [0.717, 1.165) is 11.8 Å². The predicted molar refractivity (Wildman–Crippen MR) is 69.9 cm³/mol. The van der Waals surface area contributed by atoms with Crippen LogP contribution in [-0.2, 0) is 0 Å². The van der Waals surface area contributed by atoms with Crippen molar-refractivity contribution in [1.82, 2.24) is 0 Å². The summed E-state index contributed by atoms with van der Waals surface area (Å²) < 4.78 is 2.55. The third-order valence-corrected chi connectivity index (χ3v) is 3.28. The molecule has 0 saturated heterocycles. The number of nitrogens with zero attached hydrogens (tertiary/aromatic N) is 1. The van der Waals surface area contributed by atoms with Crippen molar-refractivity contribution in [2.75, 3.05) is 6.54 Å². The van der Waals surface area contributed by atoms with E-state index in [4.69, 9.17) is 0 Å². The average molecular weight is 212 g/mol. The Balaban J connectivity index is 4.42. The van der Waals surface area contributed by atoms with Gasteiger partial charge in [0, 0.05) is 18.8 Å². The molecule has 15 heavy (non-hydrogen) atoms. The molecule has 0 aliphatic heterocycles.